The summed E-state index contributed by atoms with van der Waals surface area (Å²) in [5.74, 6) is 2.12. The lowest BCUT2D eigenvalue weighted by atomic mass is 9.86. The van der Waals surface area contributed by atoms with Crippen LogP contribution in [-0.4, -0.2) is 23.7 Å². The largest absolute Gasteiger partial charge is 0.508 e. The second kappa shape index (κ2) is 15.0. The van der Waals surface area contributed by atoms with Gasteiger partial charge in [-0.1, -0.05) is 41.5 Å². The lowest BCUT2D eigenvalue weighted by molar-refractivity contribution is -0.117. The van der Waals surface area contributed by atoms with E-state index in [2.05, 4.69) is 38.2 Å². The van der Waals surface area contributed by atoms with E-state index in [-0.39, 0.29) is 11.5 Å². The SMILES string of the molecule is COc1ccc(CNC(=O)/C(C)=C/CC/C(C)=C/CC/C(C)=C/CC[C@]2(C)CCc3c(C)c(O)cc(C)c3O2)cc1. The molecule has 1 amide bonds. The Labute approximate surface area is 247 Å². The summed E-state index contributed by atoms with van der Waals surface area (Å²) >= 11 is 0. The minimum Gasteiger partial charge on any atom is -0.508 e. The van der Waals surface area contributed by atoms with Crippen LogP contribution in [0.3, 0.4) is 0 Å². The fourth-order valence-corrected chi connectivity index (χ4v) is 5.30. The zero-order valence-electron chi connectivity index (χ0n) is 26.2. The molecule has 3 rings (SSSR count). The zero-order valence-corrected chi connectivity index (χ0v) is 26.2. The minimum atomic E-state index is -0.174. The fraction of sp³-hybridized carbons (Fsp3) is 0.472. The van der Waals surface area contributed by atoms with Crippen LogP contribution in [0.5, 0.6) is 17.2 Å². The van der Waals surface area contributed by atoms with Gasteiger partial charge in [-0.2, -0.15) is 0 Å². The molecule has 222 valence electrons. The van der Waals surface area contributed by atoms with Gasteiger partial charge in [-0.25, -0.2) is 0 Å². The summed E-state index contributed by atoms with van der Waals surface area (Å²) in [4.78, 5) is 12.4. The van der Waals surface area contributed by atoms with Gasteiger partial charge >= 0.3 is 0 Å². The number of allylic oxidation sites excluding steroid dienone is 5. The van der Waals surface area contributed by atoms with Gasteiger partial charge in [-0.05, 0) is 128 Å². The van der Waals surface area contributed by atoms with E-state index in [1.165, 1.54) is 11.1 Å². The van der Waals surface area contributed by atoms with Crippen molar-refractivity contribution in [2.24, 2.45) is 0 Å². The molecule has 0 aromatic heterocycles. The molecular weight excluding hydrogens is 510 g/mol. The van der Waals surface area contributed by atoms with Crippen LogP contribution in [0, 0.1) is 13.8 Å². The van der Waals surface area contributed by atoms with E-state index >= 15 is 0 Å². The highest BCUT2D eigenvalue weighted by molar-refractivity contribution is 5.92. The third kappa shape index (κ3) is 9.55. The predicted molar refractivity (Wildman–Crippen MR) is 169 cm³/mol. The molecule has 2 aromatic rings. The topological polar surface area (TPSA) is 67.8 Å². The number of carbonyl (C=O) groups is 1. The van der Waals surface area contributed by atoms with E-state index in [4.69, 9.17) is 9.47 Å². The second-order valence-corrected chi connectivity index (χ2v) is 11.8. The molecule has 0 radical (unpaired) electrons. The maximum Gasteiger partial charge on any atom is 0.246 e. The zero-order chi connectivity index (χ0) is 30.0. The molecular formula is C36H49NO4. The second-order valence-electron chi connectivity index (χ2n) is 11.8. The third-order valence-electron chi connectivity index (χ3n) is 8.23. The summed E-state index contributed by atoms with van der Waals surface area (Å²) in [5, 5.41) is 13.1. The summed E-state index contributed by atoms with van der Waals surface area (Å²) in [6, 6.07) is 9.54. The number of nitrogens with one attached hydrogen (secondary N) is 1. The van der Waals surface area contributed by atoms with Crippen LogP contribution in [0.1, 0.15) is 94.9 Å². The van der Waals surface area contributed by atoms with Crippen molar-refractivity contribution < 1.29 is 19.4 Å². The van der Waals surface area contributed by atoms with Crippen LogP contribution in [-0.2, 0) is 17.8 Å². The molecule has 0 saturated carbocycles. The van der Waals surface area contributed by atoms with Gasteiger partial charge in [-0.15, -0.1) is 0 Å². The van der Waals surface area contributed by atoms with Gasteiger partial charge in [0, 0.05) is 17.7 Å². The standard InChI is InChI=1S/C36H49NO4/c1-25(13-9-15-27(3)35(39)37-24-30-16-18-31(40-7)19-17-30)11-8-12-26(2)14-10-21-36(6)22-20-32-29(5)33(38)23-28(4)34(32)41-36/h11,14-19,23,38H,8-10,12-13,20-22,24H2,1-7H3,(H,37,39)/b25-11+,26-14+,27-15+/t36-/m1/s1. The van der Waals surface area contributed by atoms with E-state index in [9.17, 15) is 9.90 Å². The highest BCUT2D eigenvalue weighted by Gasteiger charge is 2.33. The number of aryl methyl sites for hydroxylation is 1. The monoisotopic (exact) mass is 559 g/mol. The van der Waals surface area contributed by atoms with Crippen LogP contribution >= 0.6 is 0 Å². The Morgan fingerprint density at radius 2 is 1.66 bits per heavy atom. The number of benzene rings is 2. The van der Waals surface area contributed by atoms with Crippen molar-refractivity contribution in [3.63, 3.8) is 0 Å². The maximum atomic E-state index is 12.4. The molecule has 5 heteroatoms. The first kappa shape index (κ1) is 32.0. The van der Waals surface area contributed by atoms with Crippen molar-refractivity contribution in [1.29, 1.82) is 0 Å². The van der Waals surface area contributed by atoms with Gasteiger partial charge < -0.3 is 19.9 Å². The van der Waals surface area contributed by atoms with Crippen molar-refractivity contribution in [3.8, 4) is 17.2 Å². The number of aromatic hydroxyl groups is 1. The van der Waals surface area contributed by atoms with E-state index in [1.807, 2.05) is 57.2 Å². The number of phenols is 1. The van der Waals surface area contributed by atoms with E-state index in [0.29, 0.717) is 12.3 Å². The Morgan fingerprint density at radius 1 is 1.02 bits per heavy atom. The minimum absolute atomic E-state index is 0.0237. The third-order valence-corrected chi connectivity index (χ3v) is 8.23. The first-order valence-corrected chi connectivity index (χ1v) is 14.9. The Balaban J connectivity index is 1.36. The Bertz CT molecular complexity index is 1290. The van der Waals surface area contributed by atoms with Gasteiger partial charge in [-0.3, -0.25) is 4.79 Å². The fourth-order valence-electron chi connectivity index (χ4n) is 5.30. The van der Waals surface area contributed by atoms with Crippen molar-refractivity contribution in [1.82, 2.24) is 5.32 Å². The molecule has 1 aliphatic heterocycles. The number of ether oxygens (including phenoxy) is 2. The van der Waals surface area contributed by atoms with Gasteiger partial charge in [0.25, 0.3) is 0 Å². The van der Waals surface area contributed by atoms with Crippen LogP contribution < -0.4 is 14.8 Å². The first-order chi connectivity index (χ1) is 19.5. The van der Waals surface area contributed by atoms with Crippen LogP contribution in [0.2, 0.25) is 0 Å². The van der Waals surface area contributed by atoms with Crippen LogP contribution in [0.25, 0.3) is 0 Å². The molecule has 2 aromatic carbocycles. The first-order valence-electron chi connectivity index (χ1n) is 14.9. The number of hydrogen-bond donors (Lipinski definition) is 2. The number of phenolic OH excluding ortho intramolecular Hbond substituents is 1. The summed E-state index contributed by atoms with van der Waals surface area (Å²) in [7, 11) is 1.64. The highest BCUT2D eigenvalue weighted by Crippen LogP contribution is 2.42. The Kier molecular flexibility index (Phi) is 11.7. The Morgan fingerprint density at radius 3 is 2.32 bits per heavy atom. The summed E-state index contributed by atoms with van der Waals surface area (Å²) in [6.07, 6.45) is 14.5. The molecule has 0 aliphatic carbocycles. The number of fused-ring (bicyclic) bond motifs is 1. The highest BCUT2D eigenvalue weighted by atomic mass is 16.5. The Hall–Kier alpha value is -3.47. The molecule has 0 fully saturated rings. The van der Waals surface area contributed by atoms with Gasteiger partial charge in [0.15, 0.2) is 0 Å². The lowest BCUT2D eigenvalue weighted by Gasteiger charge is -2.37. The average Bonchev–Trinajstić information content (AvgIpc) is 2.94. The normalized spacial score (nSPS) is 17.6. The summed E-state index contributed by atoms with van der Waals surface area (Å²) in [6.45, 7) is 13.0. The molecule has 0 unspecified atom stereocenters. The van der Waals surface area contributed by atoms with Crippen molar-refractivity contribution >= 4 is 5.91 Å². The van der Waals surface area contributed by atoms with Crippen molar-refractivity contribution in [3.05, 3.63) is 87.5 Å². The molecule has 1 aliphatic rings. The van der Waals surface area contributed by atoms with E-state index in [1.54, 1.807) is 7.11 Å². The summed E-state index contributed by atoms with van der Waals surface area (Å²) < 4.78 is 11.7. The van der Waals surface area contributed by atoms with E-state index in [0.717, 1.165) is 90.7 Å². The molecule has 41 heavy (non-hydrogen) atoms. The van der Waals surface area contributed by atoms with Gasteiger partial charge in [0.2, 0.25) is 5.91 Å². The molecule has 2 N–H and O–H groups in total. The number of methoxy groups -OCH3 is 1. The molecule has 0 saturated heterocycles. The van der Waals surface area contributed by atoms with E-state index < -0.39 is 0 Å². The van der Waals surface area contributed by atoms with Crippen molar-refractivity contribution in [2.45, 2.75) is 105 Å². The van der Waals surface area contributed by atoms with Gasteiger partial charge in [0.05, 0.1) is 7.11 Å². The smallest absolute Gasteiger partial charge is 0.246 e. The molecule has 1 atom stereocenters. The molecule has 0 bridgehead atoms. The lowest BCUT2D eigenvalue weighted by Crippen LogP contribution is -2.36. The number of hydrogen-bond acceptors (Lipinski definition) is 4. The van der Waals surface area contributed by atoms with Crippen LogP contribution in [0.4, 0.5) is 0 Å². The predicted octanol–water partition coefficient (Wildman–Crippen LogP) is 8.60. The number of amides is 1. The van der Waals surface area contributed by atoms with Crippen LogP contribution in [0.15, 0.2) is 65.3 Å². The maximum absolute atomic E-state index is 12.4. The van der Waals surface area contributed by atoms with Crippen molar-refractivity contribution in [2.75, 3.05) is 7.11 Å². The number of carbonyl (C=O) groups excluding carboxylic acids is 1. The van der Waals surface area contributed by atoms with Gasteiger partial charge in [0.1, 0.15) is 22.8 Å². The quantitative estimate of drug-likeness (QED) is 0.190. The average molecular weight is 560 g/mol. The number of rotatable bonds is 13. The molecule has 0 spiro atoms. The molecule has 1 heterocycles. The molecule has 5 nitrogen and oxygen atoms in total. The summed E-state index contributed by atoms with van der Waals surface area (Å²) in [5.41, 5.74) is 7.52.